The van der Waals surface area contributed by atoms with Crippen LogP contribution in [0.5, 0.6) is 0 Å². The summed E-state index contributed by atoms with van der Waals surface area (Å²) in [4.78, 5) is 20.3. The molecule has 35 heavy (non-hydrogen) atoms. The number of aromatic nitrogens is 3. The lowest BCUT2D eigenvalue weighted by atomic mass is 9.95. The number of amides is 1. The first-order valence-electron chi connectivity index (χ1n) is 11.2. The summed E-state index contributed by atoms with van der Waals surface area (Å²) >= 11 is 3.51. The summed E-state index contributed by atoms with van der Waals surface area (Å²) in [5.41, 5.74) is 5.00. The summed E-state index contributed by atoms with van der Waals surface area (Å²) in [5, 5.41) is 11.2. The summed E-state index contributed by atoms with van der Waals surface area (Å²) < 4.78 is 2.76. The van der Waals surface area contributed by atoms with Gasteiger partial charge >= 0.3 is 0 Å². The second kappa shape index (κ2) is 9.38. The summed E-state index contributed by atoms with van der Waals surface area (Å²) in [5.74, 6) is 1.00. The van der Waals surface area contributed by atoms with E-state index in [9.17, 15) is 4.79 Å². The maximum atomic E-state index is 13.5. The number of nitrogens with zero attached hydrogens (tertiary/aromatic N) is 4. The quantitative estimate of drug-likeness (QED) is 0.347. The summed E-state index contributed by atoms with van der Waals surface area (Å²) in [6.45, 7) is 1.90. The molecule has 1 amide bonds. The Kier molecular flexibility index (Phi) is 6.13. The van der Waals surface area contributed by atoms with E-state index in [-0.39, 0.29) is 5.91 Å². The molecule has 3 aromatic carbocycles. The number of nitrogens with one attached hydrogen (secondary N) is 2. The Labute approximate surface area is 212 Å². The Morgan fingerprint density at radius 3 is 2.34 bits per heavy atom. The number of carbonyl (C=O) groups excluding carboxylic acids is 1. The van der Waals surface area contributed by atoms with Gasteiger partial charge in [0, 0.05) is 41.2 Å². The average molecular weight is 529 g/mol. The molecule has 0 radical (unpaired) electrons. The number of halogens is 1. The molecule has 7 nitrogen and oxygen atoms in total. The number of para-hydroxylation sites is 1. The largest absolute Gasteiger partial charge is 0.378 e. The van der Waals surface area contributed by atoms with Crippen molar-refractivity contribution in [2.24, 2.45) is 0 Å². The fourth-order valence-electron chi connectivity index (χ4n) is 4.15. The Balaban J connectivity index is 1.57. The van der Waals surface area contributed by atoms with Gasteiger partial charge in [0.25, 0.3) is 5.91 Å². The van der Waals surface area contributed by atoms with Gasteiger partial charge in [0.2, 0.25) is 5.95 Å². The lowest BCUT2D eigenvalue weighted by molar-refractivity contribution is -0.113. The number of rotatable bonds is 5. The van der Waals surface area contributed by atoms with Gasteiger partial charge in [-0.2, -0.15) is 4.98 Å². The third-order valence-electron chi connectivity index (χ3n) is 5.96. The number of benzene rings is 3. The second-order valence-corrected chi connectivity index (χ2v) is 9.50. The number of hydrogen-bond donors (Lipinski definition) is 2. The number of carbonyl (C=O) groups is 1. The summed E-state index contributed by atoms with van der Waals surface area (Å²) in [6.07, 6.45) is 0. The molecule has 0 spiro atoms. The molecule has 2 heterocycles. The Hall–Kier alpha value is -3.91. The highest BCUT2D eigenvalue weighted by molar-refractivity contribution is 9.10. The molecule has 1 aliphatic heterocycles. The molecule has 1 unspecified atom stereocenters. The number of hydrogen-bond acceptors (Lipinski definition) is 5. The Morgan fingerprint density at radius 1 is 1.00 bits per heavy atom. The standard InChI is InChI=1S/C27H25BrN6O/c1-17-23(26(35)30-21-7-5-4-6-8-21)24(18-9-13-20(28)14-10-18)34-27(29-17)31-25(32-34)19-11-15-22(16-12-19)33(2)3/h4-16,24H,1-3H3,(H,30,35)(H,29,31,32). The molecule has 0 fully saturated rings. The number of allylic oxidation sites excluding steroid dienone is 1. The van der Waals surface area contributed by atoms with Crippen LogP contribution >= 0.6 is 15.9 Å². The molecule has 0 saturated heterocycles. The maximum absolute atomic E-state index is 13.5. The highest BCUT2D eigenvalue weighted by Gasteiger charge is 2.34. The van der Waals surface area contributed by atoms with Gasteiger partial charge in [-0.05, 0) is 61.0 Å². The van der Waals surface area contributed by atoms with Crippen molar-refractivity contribution in [3.05, 3.63) is 100 Å². The van der Waals surface area contributed by atoms with Crippen molar-refractivity contribution in [2.45, 2.75) is 13.0 Å². The molecule has 0 aliphatic carbocycles. The van der Waals surface area contributed by atoms with E-state index in [0.717, 1.165) is 32.7 Å². The predicted octanol–water partition coefficient (Wildman–Crippen LogP) is 5.70. The zero-order valence-corrected chi connectivity index (χ0v) is 21.2. The molecular formula is C27H25BrN6O. The van der Waals surface area contributed by atoms with E-state index in [2.05, 4.69) is 26.6 Å². The van der Waals surface area contributed by atoms with Gasteiger partial charge in [0.15, 0.2) is 5.82 Å². The number of anilines is 3. The molecule has 4 aromatic rings. The van der Waals surface area contributed by atoms with Crippen LogP contribution in [0, 0.1) is 0 Å². The molecule has 0 bridgehead atoms. The van der Waals surface area contributed by atoms with Gasteiger partial charge in [-0.1, -0.05) is 46.3 Å². The predicted molar refractivity (Wildman–Crippen MR) is 143 cm³/mol. The monoisotopic (exact) mass is 528 g/mol. The van der Waals surface area contributed by atoms with E-state index in [1.807, 2.05) is 105 Å². The first-order valence-corrected chi connectivity index (χ1v) is 12.0. The molecule has 1 aromatic heterocycles. The normalized spacial score (nSPS) is 14.8. The van der Waals surface area contributed by atoms with Crippen molar-refractivity contribution in [1.82, 2.24) is 14.8 Å². The topological polar surface area (TPSA) is 75.1 Å². The van der Waals surface area contributed by atoms with Crippen LogP contribution in [0.25, 0.3) is 11.4 Å². The molecule has 1 atom stereocenters. The summed E-state index contributed by atoms with van der Waals surface area (Å²) in [7, 11) is 4.01. The van der Waals surface area contributed by atoms with Crippen molar-refractivity contribution in [2.75, 3.05) is 29.6 Å². The molecule has 2 N–H and O–H groups in total. The Bertz CT molecular complexity index is 1390. The molecule has 1 aliphatic rings. The van der Waals surface area contributed by atoms with Crippen molar-refractivity contribution in [3.8, 4) is 11.4 Å². The molecule has 8 heteroatoms. The minimum absolute atomic E-state index is 0.188. The van der Waals surface area contributed by atoms with E-state index in [1.54, 1.807) is 4.68 Å². The van der Waals surface area contributed by atoms with E-state index in [0.29, 0.717) is 17.3 Å². The maximum Gasteiger partial charge on any atom is 0.255 e. The first-order chi connectivity index (χ1) is 16.9. The number of fused-ring (bicyclic) bond motifs is 1. The van der Waals surface area contributed by atoms with Crippen LogP contribution in [0.15, 0.2) is 94.6 Å². The van der Waals surface area contributed by atoms with Crippen LogP contribution in [0.2, 0.25) is 0 Å². The minimum Gasteiger partial charge on any atom is -0.378 e. The lowest BCUT2D eigenvalue weighted by Crippen LogP contribution is -2.31. The van der Waals surface area contributed by atoms with E-state index in [4.69, 9.17) is 10.1 Å². The van der Waals surface area contributed by atoms with Gasteiger partial charge in [-0.15, -0.1) is 5.10 Å². The highest BCUT2D eigenvalue weighted by atomic mass is 79.9. The lowest BCUT2D eigenvalue weighted by Gasteiger charge is -2.28. The van der Waals surface area contributed by atoms with E-state index >= 15 is 0 Å². The van der Waals surface area contributed by atoms with Crippen LogP contribution in [-0.2, 0) is 4.79 Å². The van der Waals surface area contributed by atoms with Crippen LogP contribution in [0.3, 0.4) is 0 Å². The zero-order chi connectivity index (χ0) is 24.5. The van der Waals surface area contributed by atoms with Crippen molar-refractivity contribution in [1.29, 1.82) is 0 Å². The average Bonchev–Trinajstić information content (AvgIpc) is 3.28. The molecule has 5 rings (SSSR count). The fourth-order valence-corrected chi connectivity index (χ4v) is 4.41. The van der Waals surface area contributed by atoms with Gasteiger partial charge in [-0.25, -0.2) is 4.68 Å². The van der Waals surface area contributed by atoms with Crippen molar-refractivity contribution < 1.29 is 4.79 Å². The van der Waals surface area contributed by atoms with Crippen LogP contribution < -0.4 is 15.5 Å². The van der Waals surface area contributed by atoms with Gasteiger partial charge < -0.3 is 15.5 Å². The van der Waals surface area contributed by atoms with Crippen LogP contribution in [0.1, 0.15) is 18.5 Å². The van der Waals surface area contributed by atoms with E-state index < -0.39 is 6.04 Å². The van der Waals surface area contributed by atoms with Gasteiger partial charge in [0.1, 0.15) is 6.04 Å². The van der Waals surface area contributed by atoms with Crippen LogP contribution in [-0.4, -0.2) is 34.8 Å². The minimum atomic E-state index is -0.439. The zero-order valence-electron chi connectivity index (χ0n) is 19.7. The third kappa shape index (κ3) is 4.57. The van der Waals surface area contributed by atoms with Crippen molar-refractivity contribution >= 4 is 39.2 Å². The fraction of sp³-hybridized carbons (Fsp3) is 0.148. The van der Waals surface area contributed by atoms with Gasteiger partial charge in [0.05, 0.1) is 5.57 Å². The smallest absolute Gasteiger partial charge is 0.255 e. The summed E-state index contributed by atoms with van der Waals surface area (Å²) in [6, 6.07) is 25.0. The van der Waals surface area contributed by atoms with Crippen molar-refractivity contribution in [3.63, 3.8) is 0 Å². The van der Waals surface area contributed by atoms with Gasteiger partial charge in [-0.3, -0.25) is 4.79 Å². The molecule has 176 valence electrons. The van der Waals surface area contributed by atoms with E-state index in [1.165, 1.54) is 0 Å². The van der Waals surface area contributed by atoms with Crippen LogP contribution in [0.4, 0.5) is 17.3 Å². The highest BCUT2D eigenvalue weighted by Crippen LogP contribution is 2.37. The first kappa shape index (κ1) is 22.9. The molecule has 0 saturated carbocycles. The Morgan fingerprint density at radius 2 is 1.69 bits per heavy atom. The SMILES string of the molecule is CC1=C(C(=O)Nc2ccccc2)C(c2ccc(Br)cc2)n2nc(-c3ccc(N(C)C)cc3)nc2N1. The second-order valence-electron chi connectivity index (χ2n) is 8.58. The molecular weight excluding hydrogens is 504 g/mol. The third-order valence-corrected chi connectivity index (χ3v) is 6.49.